The molecule has 2 saturated heterocycles. The number of rotatable bonds is 6. The summed E-state index contributed by atoms with van der Waals surface area (Å²) in [6.45, 7) is 4.65. The normalized spacial score (nSPS) is 16.6. The topological polar surface area (TPSA) is 122 Å². The van der Waals surface area contributed by atoms with E-state index in [9.17, 15) is 14.9 Å². The van der Waals surface area contributed by atoms with Crippen LogP contribution in [0.2, 0.25) is 0 Å². The second kappa shape index (κ2) is 10.7. The Kier molecular flexibility index (Phi) is 7.33. The molecule has 11 nitrogen and oxygen atoms in total. The fraction of sp³-hybridized carbons (Fsp3) is 0.364. The largest absolute Gasteiger partial charge is 0.378 e. The van der Waals surface area contributed by atoms with Crippen LogP contribution >= 0.6 is 0 Å². The molecule has 0 saturated carbocycles. The molecule has 2 aliphatic heterocycles. The number of morpholine rings is 2. The van der Waals surface area contributed by atoms with E-state index >= 15 is 0 Å². The molecule has 0 unspecified atom stereocenters. The number of hydrogen-bond donors (Lipinski definition) is 2. The van der Waals surface area contributed by atoms with E-state index in [1.54, 1.807) is 12.1 Å². The highest BCUT2D eigenvalue weighted by molar-refractivity contribution is 5.94. The number of nitro benzene ring substituents is 1. The highest BCUT2D eigenvalue weighted by Gasteiger charge is 2.26. The Hall–Kier alpha value is -3.70. The van der Waals surface area contributed by atoms with E-state index in [2.05, 4.69) is 20.7 Å². The van der Waals surface area contributed by atoms with E-state index in [0.29, 0.717) is 69.5 Å². The van der Waals surface area contributed by atoms with Crippen LogP contribution in [0, 0.1) is 10.1 Å². The van der Waals surface area contributed by atoms with Crippen molar-refractivity contribution < 1.29 is 19.2 Å². The number of benzene rings is 2. The monoisotopic (exact) mass is 454 g/mol. The molecule has 174 valence electrons. The molecule has 2 aromatic rings. The molecule has 2 heterocycles. The molecule has 11 heteroatoms. The van der Waals surface area contributed by atoms with Crippen molar-refractivity contribution in [1.82, 2.24) is 5.43 Å². The minimum Gasteiger partial charge on any atom is -0.378 e. The number of nitrogens with zero attached hydrogens (tertiary/aromatic N) is 4. The molecule has 0 radical (unpaired) electrons. The SMILES string of the molecule is O=C(N/N=C\c1cc([N+](=O)[O-])c(N2CCOCC2)cc1N1CCOCC1)Nc1ccccc1. The van der Waals surface area contributed by atoms with Gasteiger partial charge in [0.2, 0.25) is 0 Å². The summed E-state index contributed by atoms with van der Waals surface area (Å²) in [7, 11) is 0. The van der Waals surface area contributed by atoms with Gasteiger partial charge in [0.25, 0.3) is 5.69 Å². The number of para-hydroxylation sites is 1. The molecule has 0 spiro atoms. The van der Waals surface area contributed by atoms with E-state index in [1.807, 2.05) is 29.2 Å². The van der Waals surface area contributed by atoms with Gasteiger partial charge in [-0.3, -0.25) is 10.1 Å². The number of urea groups is 1. The van der Waals surface area contributed by atoms with Crippen molar-refractivity contribution >= 4 is 35.0 Å². The van der Waals surface area contributed by atoms with E-state index in [4.69, 9.17) is 9.47 Å². The molecule has 2 N–H and O–H groups in total. The van der Waals surface area contributed by atoms with Crippen LogP contribution in [0.15, 0.2) is 47.6 Å². The lowest BCUT2D eigenvalue weighted by Crippen LogP contribution is -2.38. The summed E-state index contributed by atoms with van der Waals surface area (Å²) in [6.07, 6.45) is 1.44. The predicted octanol–water partition coefficient (Wildman–Crippen LogP) is 2.42. The first-order valence-electron chi connectivity index (χ1n) is 10.7. The van der Waals surface area contributed by atoms with Crippen molar-refractivity contribution in [2.24, 2.45) is 5.10 Å². The third-order valence-electron chi connectivity index (χ3n) is 5.43. The Labute approximate surface area is 191 Å². The van der Waals surface area contributed by atoms with Gasteiger partial charge in [-0.05, 0) is 18.2 Å². The Morgan fingerprint density at radius 2 is 1.58 bits per heavy atom. The summed E-state index contributed by atoms with van der Waals surface area (Å²) in [5.41, 5.74) is 4.93. The molecular weight excluding hydrogens is 428 g/mol. The molecular formula is C22H26N6O5. The lowest BCUT2D eigenvalue weighted by molar-refractivity contribution is -0.384. The van der Waals surface area contributed by atoms with Crippen LogP contribution in [0.4, 0.5) is 27.5 Å². The third-order valence-corrected chi connectivity index (χ3v) is 5.43. The van der Waals surface area contributed by atoms with Crippen molar-refractivity contribution in [2.75, 3.05) is 67.7 Å². The summed E-state index contributed by atoms with van der Waals surface area (Å²) in [4.78, 5) is 27.7. The number of hydrogen-bond acceptors (Lipinski definition) is 8. The zero-order chi connectivity index (χ0) is 23.0. The molecule has 33 heavy (non-hydrogen) atoms. The number of ether oxygens (including phenoxy) is 2. The van der Waals surface area contributed by atoms with E-state index in [1.165, 1.54) is 12.3 Å². The highest BCUT2D eigenvalue weighted by Crippen LogP contribution is 2.36. The summed E-state index contributed by atoms with van der Waals surface area (Å²) in [6, 6.07) is 11.8. The number of amides is 2. The predicted molar refractivity (Wildman–Crippen MR) is 125 cm³/mol. The van der Waals surface area contributed by atoms with Crippen molar-refractivity contribution in [3.8, 4) is 0 Å². The second-order valence-electron chi connectivity index (χ2n) is 7.55. The van der Waals surface area contributed by atoms with Crippen molar-refractivity contribution in [2.45, 2.75) is 0 Å². The zero-order valence-electron chi connectivity index (χ0n) is 18.1. The molecule has 0 bridgehead atoms. The van der Waals surface area contributed by atoms with Crippen molar-refractivity contribution in [3.63, 3.8) is 0 Å². The number of nitrogens with one attached hydrogen (secondary N) is 2. The van der Waals surface area contributed by atoms with Gasteiger partial charge in [0.15, 0.2) is 0 Å². The average Bonchev–Trinajstić information content (AvgIpc) is 2.85. The number of carbonyl (C=O) groups excluding carboxylic acids is 1. The first-order chi connectivity index (χ1) is 16.1. The molecule has 2 aromatic carbocycles. The lowest BCUT2D eigenvalue weighted by Gasteiger charge is -2.33. The third kappa shape index (κ3) is 5.76. The van der Waals surface area contributed by atoms with Crippen LogP contribution in [-0.4, -0.2) is 69.8 Å². The molecule has 0 aliphatic carbocycles. The molecule has 0 aromatic heterocycles. The van der Waals surface area contributed by atoms with Crippen molar-refractivity contribution in [1.29, 1.82) is 0 Å². The van der Waals surface area contributed by atoms with Gasteiger partial charge in [-0.1, -0.05) is 18.2 Å². The summed E-state index contributed by atoms with van der Waals surface area (Å²) in [5, 5.41) is 18.6. The first kappa shape index (κ1) is 22.5. The minimum atomic E-state index is -0.509. The minimum absolute atomic E-state index is 0.0101. The average molecular weight is 454 g/mol. The van der Waals surface area contributed by atoms with Gasteiger partial charge in [0.05, 0.1) is 37.6 Å². The maximum Gasteiger partial charge on any atom is 0.339 e. The number of hydrazone groups is 1. The summed E-state index contributed by atoms with van der Waals surface area (Å²) in [5.74, 6) is 0. The van der Waals surface area contributed by atoms with Crippen molar-refractivity contribution in [3.05, 3.63) is 58.1 Å². The maximum atomic E-state index is 12.1. The first-order valence-corrected chi connectivity index (χ1v) is 10.7. The van der Waals surface area contributed by atoms with E-state index in [0.717, 1.165) is 5.69 Å². The summed E-state index contributed by atoms with van der Waals surface area (Å²) < 4.78 is 10.9. The second-order valence-corrected chi connectivity index (χ2v) is 7.55. The zero-order valence-corrected chi connectivity index (χ0v) is 18.1. The Morgan fingerprint density at radius 3 is 2.18 bits per heavy atom. The Balaban J connectivity index is 1.60. The van der Waals surface area contributed by atoms with Crippen LogP contribution in [0.5, 0.6) is 0 Å². The molecule has 4 rings (SSSR count). The molecule has 2 amide bonds. The van der Waals surface area contributed by atoms with Crippen LogP contribution in [0.3, 0.4) is 0 Å². The van der Waals surface area contributed by atoms with Gasteiger partial charge in [-0.2, -0.15) is 5.10 Å². The Bertz CT molecular complexity index is 1000. The fourth-order valence-corrected chi connectivity index (χ4v) is 3.81. The standard InChI is InChI=1S/C22H26N6O5/c29-22(24-18-4-2-1-3-5-18)25-23-16-17-14-21(28(30)31)20(27-8-12-33-13-9-27)15-19(17)26-6-10-32-11-7-26/h1-5,14-16H,6-13H2,(H2,24,25,29)/b23-16-. The smallest absolute Gasteiger partial charge is 0.339 e. The maximum absolute atomic E-state index is 12.1. The number of anilines is 3. The summed E-state index contributed by atoms with van der Waals surface area (Å²) >= 11 is 0. The van der Waals surface area contributed by atoms with Gasteiger partial charge in [0, 0.05) is 49.2 Å². The lowest BCUT2D eigenvalue weighted by atomic mass is 10.1. The van der Waals surface area contributed by atoms with Crippen LogP contribution in [-0.2, 0) is 9.47 Å². The van der Waals surface area contributed by atoms with Gasteiger partial charge in [-0.15, -0.1) is 0 Å². The molecule has 2 fully saturated rings. The van der Waals surface area contributed by atoms with Gasteiger partial charge in [-0.25, -0.2) is 10.2 Å². The highest BCUT2D eigenvalue weighted by atomic mass is 16.6. The van der Waals surface area contributed by atoms with E-state index < -0.39 is 6.03 Å². The van der Waals surface area contributed by atoms with Gasteiger partial charge < -0.3 is 24.6 Å². The van der Waals surface area contributed by atoms with Crippen LogP contribution in [0.1, 0.15) is 5.56 Å². The van der Waals surface area contributed by atoms with Crippen LogP contribution < -0.4 is 20.5 Å². The van der Waals surface area contributed by atoms with Gasteiger partial charge in [0.1, 0.15) is 5.69 Å². The Morgan fingerprint density at radius 1 is 0.970 bits per heavy atom. The molecule has 2 aliphatic rings. The van der Waals surface area contributed by atoms with Crippen LogP contribution in [0.25, 0.3) is 0 Å². The fourth-order valence-electron chi connectivity index (χ4n) is 3.81. The number of carbonyl (C=O) groups is 1. The van der Waals surface area contributed by atoms with E-state index in [-0.39, 0.29) is 10.6 Å². The quantitative estimate of drug-likeness (QED) is 0.391. The number of nitro groups is 1. The van der Waals surface area contributed by atoms with Gasteiger partial charge >= 0.3 is 6.03 Å². The molecule has 0 atom stereocenters.